The molecule has 43 heteroatoms. The van der Waals surface area contributed by atoms with Gasteiger partial charge in [-0.15, -0.1) is 0 Å². The molecule has 121 heavy (non-hydrogen) atoms. The molecular weight excluding hydrogens is 1600 g/mol. The fourth-order valence-electron chi connectivity index (χ4n) is 12.9. The van der Waals surface area contributed by atoms with Crippen LogP contribution in [0.25, 0.3) is 0 Å². The van der Waals surface area contributed by atoms with Gasteiger partial charge >= 0.3 is 53.7 Å². The minimum atomic E-state index is -1.31. The highest BCUT2D eigenvalue weighted by Crippen LogP contribution is 2.32. The molecule has 3 aliphatic rings. The van der Waals surface area contributed by atoms with E-state index >= 15 is 0 Å². The van der Waals surface area contributed by atoms with Crippen LogP contribution >= 0.6 is 0 Å². The molecule has 3 rings (SSSR count). The first-order valence-corrected chi connectivity index (χ1v) is 40.8. The van der Waals surface area contributed by atoms with Gasteiger partial charge in [0.2, 0.25) is 53.2 Å². The van der Waals surface area contributed by atoms with Gasteiger partial charge in [0.05, 0.1) is 0 Å². The Labute approximate surface area is 703 Å². The lowest BCUT2D eigenvalue weighted by Gasteiger charge is -2.44. The van der Waals surface area contributed by atoms with Crippen molar-refractivity contribution < 1.29 is 157 Å². The molecule has 0 aromatic rings. The van der Waals surface area contributed by atoms with Gasteiger partial charge in [0.15, 0.2) is 55.5 Å². The molecule has 43 nitrogen and oxygen atoms in total. The third kappa shape index (κ3) is 45.6. The van der Waals surface area contributed by atoms with Gasteiger partial charge in [-0.1, -0.05) is 0 Å². The van der Waals surface area contributed by atoms with Crippen LogP contribution in [-0.2, 0) is 157 Å². The van der Waals surface area contributed by atoms with E-state index in [1.165, 1.54) is 27.7 Å². The van der Waals surface area contributed by atoms with E-state index in [0.29, 0.717) is 110 Å². The molecule has 3 fully saturated rings. The van der Waals surface area contributed by atoms with Gasteiger partial charge in [-0.05, 0) is 90.1 Å². The average molecular weight is 1730 g/mol. The minimum Gasteiger partial charge on any atom is -0.463 e. The maximum atomic E-state index is 13.8. The normalized spacial score (nSPS) is 22.2. The second-order valence-corrected chi connectivity index (χ2v) is 28.9. The second-order valence-electron chi connectivity index (χ2n) is 28.9. The van der Waals surface area contributed by atoms with Crippen molar-refractivity contribution in [2.24, 2.45) is 0 Å². The molecule has 3 saturated heterocycles. The maximum Gasteiger partial charge on any atom is 0.303 e. The number of amides is 9. The van der Waals surface area contributed by atoms with Crippen LogP contribution in [-0.4, -0.2) is 302 Å². The molecule has 0 bridgehead atoms. The lowest BCUT2D eigenvalue weighted by molar-refractivity contribution is -0.277. The Morgan fingerprint density at radius 3 is 0.802 bits per heavy atom. The number of rotatable bonds is 57. The number of carbonyl (C=O) groups excluding carboxylic acids is 18. The van der Waals surface area contributed by atoms with Gasteiger partial charge in [0, 0.05) is 187 Å². The Balaban J connectivity index is 1.48. The Morgan fingerprint density at radius 1 is 0.273 bits per heavy atom. The summed E-state index contributed by atoms with van der Waals surface area (Å²) in [6.45, 7) is 15.7. The Hall–Kier alpha value is -9.82. The van der Waals surface area contributed by atoms with Crippen molar-refractivity contribution in [1.82, 2.24) is 52.8 Å². The van der Waals surface area contributed by atoms with E-state index in [1.807, 2.05) is 0 Å². The van der Waals surface area contributed by atoms with E-state index in [2.05, 4.69) is 47.9 Å². The Kier molecular flexibility index (Phi) is 51.4. The van der Waals surface area contributed by atoms with Gasteiger partial charge in [0.1, 0.15) is 56.3 Å². The predicted octanol–water partition coefficient (Wildman–Crippen LogP) is -0.975. The summed E-state index contributed by atoms with van der Waals surface area (Å²) in [5.74, 6) is -9.64. The van der Waals surface area contributed by atoms with Crippen LogP contribution in [0.3, 0.4) is 0 Å². The SMILES string of the molecule is CC(=O)NC1[C@H](OCCCCC(=O)NCCCC(=O)NCCCNCCCN(CCCNC(=O)CCCNC(=O)CCCCO[C@@H]2OC(COC(C)=O)[C@H](OC(C)=O)[C@H](OC(C)=O)C2NC(C)=O)C(=O)CCCNC(=O)CCCCO[C@@H]2OC(COC(C)=O)[C@H](OC(C)=O)[C@H](OC(C)=O)C2NC(C)=O)OC(COC(C)=O)[C@H](OC(C)=O)[C@@H]1OC(C)=O. The summed E-state index contributed by atoms with van der Waals surface area (Å²) < 4.78 is 84.0. The molecular formula is C78H126N10O33. The van der Waals surface area contributed by atoms with E-state index in [4.69, 9.17) is 71.1 Å². The summed E-state index contributed by atoms with van der Waals surface area (Å²) in [6, 6.07) is -3.45. The summed E-state index contributed by atoms with van der Waals surface area (Å²) in [5.41, 5.74) is 0. The molecule has 0 spiro atoms. The topological polar surface area (TPSA) is 557 Å². The number of hydrogen-bond acceptors (Lipinski definition) is 34. The highest BCUT2D eigenvalue weighted by atomic mass is 16.7. The van der Waals surface area contributed by atoms with Gasteiger partial charge in [-0.3, -0.25) is 86.3 Å². The van der Waals surface area contributed by atoms with Crippen LogP contribution in [0.1, 0.15) is 199 Å². The molecule has 9 N–H and O–H groups in total. The third-order valence-electron chi connectivity index (χ3n) is 18.1. The first kappa shape index (κ1) is 105. The Bertz CT molecular complexity index is 3370. The lowest BCUT2D eigenvalue weighted by Crippen LogP contribution is -2.66. The van der Waals surface area contributed by atoms with Crippen LogP contribution in [0.5, 0.6) is 0 Å². The molecule has 0 saturated carbocycles. The fourth-order valence-corrected chi connectivity index (χ4v) is 12.9. The van der Waals surface area contributed by atoms with Crippen molar-refractivity contribution in [2.45, 2.75) is 291 Å². The van der Waals surface area contributed by atoms with Crippen LogP contribution in [0.4, 0.5) is 0 Å². The second kappa shape index (κ2) is 59.0. The molecule has 15 atom stereocenters. The van der Waals surface area contributed by atoms with Gasteiger partial charge in [-0.2, -0.15) is 0 Å². The molecule has 0 radical (unpaired) electrons. The number of nitrogens with zero attached hydrogens (tertiary/aromatic N) is 1. The van der Waals surface area contributed by atoms with E-state index in [-0.39, 0.29) is 120 Å². The summed E-state index contributed by atoms with van der Waals surface area (Å²) in [5, 5.41) is 25.3. The van der Waals surface area contributed by atoms with E-state index in [1.54, 1.807) is 4.90 Å². The summed E-state index contributed by atoms with van der Waals surface area (Å²) >= 11 is 0. The molecule has 0 aromatic carbocycles. The highest BCUT2D eigenvalue weighted by molar-refractivity contribution is 5.80. The number of carbonyl (C=O) groups is 18. The zero-order valence-corrected chi connectivity index (χ0v) is 71.4. The predicted molar refractivity (Wildman–Crippen MR) is 417 cm³/mol. The first-order chi connectivity index (χ1) is 57.4. The van der Waals surface area contributed by atoms with E-state index in [9.17, 15) is 86.3 Å². The first-order valence-electron chi connectivity index (χ1n) is 40.8. The number of hydrogen-bond donors (Lipinski definition) is 9. The zero-order valence-electron chi connectivity index (χ0n) is 71.4. The van der Waals surface area contributed by atoms with Crippen molar-refractivity contribution in [3.05, 3.63) is 0 Å². The number of ether oxygens (including phenoxy) is 15. The molecule has 6 unspecified atom stereocenters. The van der Waals surface area contributed by atoms with Crippen LogP contribution in [0, 0.1) is 0 Å². The molecule has 686 valence electrons. The zero-order chi connectivity index (χ0) is 89.9. The van der Waals surface area contributed by atoms with Gasteiger partial charge < -0.3 is 124 Å². The lowest BCUT2D eigenvalue weighted by atomic mass is 9.96. The van der Waals surface area contributed by atoms with Crippen molar-refractivity contribution in [2.75, 3.05) is 98.5 Å². The van der Waals surface area contributed by atoms with Crippen LogP contribution in [0.2, 0.25) is 0 Å². The highest BCUT2D eigenvalue weighted by Gasteiger charge is 2.54. The summed E-state index contributed by atoms with van der Waals surface area (Å²) in [4.78, 5) is 224. The van der Waals surface area contributed by atoms with Gasteiger partial charge in [-0.25, -0.2) is 0 Å². The molecule has 9 amide bonds. The summed E-state index contributed by atoms with van der Waals surface area (Å²) in [7, 11) is 0. The van der Waals surface area contributed by atoms with Crippen molar-refractivity contribution in [1.29, 1.82) is 0 Å². The number of esters is 9. The monoisotopic (exact) mass is 1730 g/mol. The van der Waals surface area contributed by atoms with Crippen molar-refractivity contribution in [3.8, 4) is 0 Å². The number of nitrogens with one attached hydrogen (secondary N) is 9. The van der Waals surface area contributed by atoms with E-state index < -0.39 is 183 Å². The quantitative estimate of drug-likeness (QED) is 0.0201. The fraction of sp³-hybridized carbons (Fsp3) is 0.769. The average Bonchev–Trinajstić information content (AvgIpc) is 0.798. The number of unbranched alkanes of at least 4 members (excludes halogenated alkanes) is 3. The minimum absolute atomic E-state index is 0.00396. The van der Waals surface area contributed by atoms with Crippen molar-refractivity contribution in [3.63, 3.8) is 0 Å². The van der Waals surface area contributed by atoms with Crippen LogP contribution < -0.4 is 47.9 Å². The van der Waals surface area contributed by atoms with Crippen molar-refractivity contribution >= 4 is 107 Å². The van der Waals surface area contributed by atoms with Gasteiger partial charge in [0.25, 0.3) is 0 Å². The smallest absolute Gasteiger partial charge is 0.303 e. The van der Waals surface area contributed by atoms with Crippen LogP contribution in [0.15, 0.2) is 0 Å². The molecule has 3 heterocycles. The molecule has 3 aliphatic heterocycles. The molecule has 0 aromatic heterocycles. The largest absolute Gasteiger partial charge is 0.463 e. The maximum absolute atomic E-state index is 13.8. The standard InChI is InChI=1S/C78H126N10O33/c1-46(89)85-67-73(116-55(10)98)70(113-52(7)95)58(43-110-49(4)92)119-76(67)107-40-16-13-25-61(101)80-33-19-28-64(104)83-36-22-31-79-32-23-38-88(66(106)30-21-35-82-63(103)27-15-18-42-109-78-69(87-48(3)91)75(118-57(12)100)72(115-54(9)97)60(121-78)45-112-51(6)94)39-24-37-84-65(105)29-20-34-81-62(102)26-14-17-41-108-77-68(86-47(2)90)74(117-56(11)99)71(114-53(8)96)59(120-77)44-111-50(5)93/h58-60,67-79H,13-45H2,1-12H3,(H,80,101)(H,81,102)(H,82,103)(H,83,104)(H,84,105)(H,85,89)(H,86,90)(H,87,91)/t58?,59?,60?,67?,68?,69?,70-,71-,72-,73+,74+,75+,76+,77+,78+/m0/s1. The summed E-state index contributed by atoms with van der Waals surface area (Å²) in [6.07, 6.45) is -9.73. The molecule has 0 aliphatic carbocycles. The Morgan fingerprint density at radius 2 is 0.521 bits per heavy atom. The van der Waals surface area contributed by atoms with E-state index in [0.717, 1.165) is 55.4 Å². The third-order valence-corrected chi connectivity index (χ3v) is 18.1.